The van der Waals surface area contributed by atoms with Crippen LogP contribution in [0.5, 0.6) is 0 Å². The summed E-state index contributed by atoms with van der Waals surface area (Å²) in [6.07, 6.45) is 1.77. The van der Waals surface area contributed by atoms with Crippen molar-refractivity contribution in [3.05, 3.63) is 35.9 Å². The first-order chi connectivity index (χ1) is 7.66. The molecular formula is C13H17NO2. The van der Waals surface area contributed by atoms with Crippen LogP contribution >= 0.6 is 0 Å². The second-order valence-corrected chi connectivity index (χ2v) is 4.42. The molecule has 1 aromatic carbocycles. The molecule has 0 aliphatic heterocycles. The Hall–Kier alpha value is -1.35. The van der Waals surface area contributed by atoms with E-state index in [1.807, 2.05) is 18.2 Å². The lowest BCUT2D eigenvalue weighted by Gasteiger charge is -2.41. The van der Waals surface area contributed by atoms with Crippen molar-refractivity contribution in [1.29, 1.82) is 0 Å². The standard InChI is InChI=1S/C13H17NO2/c1-9(15)16-13-11(8-12(13)14)7-10-5-3-2-4-6-10/h2-6,11-13H,7-8,14H2,1H3. The maximum atomic E-state index is 10.9. The first-order valence-electron chi connectivity index (χ1n) is 5.63. The molecule has 86 valence electrons. The van der Waals surface area contributed by atoms with Crippen molar-refractivity contribution in [3.8, 4) is 0 Å². The summed E-state index contributed by atoms with van der Waals surface area (Å²) in [6, 6.07) is 10.2. The van der Waals surface area contributed by atoms with Gasteiger partial charge in [0, 0.05) is 18.9 Å². The van der Waals surface area contributed by atoms with Gasteiger partial charge in [-0.05, 0) is 18.4 Å². The fourth-order valence-corrected chi connectivity index (χ4v) is 2.26. The van der Waals surface area contributed by atoms with Gasteiger partial charge >= 0.3 is 5.97 Å². The zero-order chi connectivity index (χ0) is 11.5. The molecule has 1 aliphatic rings. The molecule has 1 aliphatic carbocycles. The molecule has 0 radical (unpaired) electrons. The highest BCUT2D eigenvalue weighted by Gasteiger charge is 2.40. The van der Waals surface area contributed by atoms with E-state index in [-0.39, 0.29) is 18.1 Å². The van der Waals surface area contributed by atoms with E-state index >= 15 is 0 Å². The third-order valence-electron chi connectivity index (χ3n) is 3.10. The van der Waals surface area contributed by atoms with Crippen LogP contribution in [0.15, 0.2) is 30.3 Å². The molecule has 16 heavy (non-hydrogen) atoms. The van der Waals surface area contributed by atoms with E-state index in [9.17, 15) is 4.79 Å². The summed E-state index contributed by atoms with van der Waals surface area (Å²) in [5, 5.41) is 0. The van der Waals surface area contributed by atoms with Crippen LogP contribution in [0.3, 0.4) is 0 Å². The third kappa shape index (κ3) is 2.42. The molecule has 0 heterocycles. The van der Waals surface area contributed by atoms with Crippen molar-refractivity contribution in [2.45, 2.75) is 31.9 Å². The lowest BCUT2D eigenvalue weighted by molar-refractivity contribution is -0.157. The Morgan fingerprint density at radius 3 is 2.69 bits per heavy atom. The number of hydrogen-bond acceptors (Lipinski definition) is 3. The van der Waals surface area contributed by atoms with E-state index in [0.29, 0.717) is 5.92 Å². The van der Waals surface area contributed by atoms with Crippen molar-refractivity contribution >= 4 is 5.97 Å². The zero-order valence-corrected chi connectivity index (χ0v) is 9.43. The second kappa shape index (κ2) is 4.66. The highest BCUT2D eigenvalue weighted by Crippen LogP contribution is 2.32. The van der Waals surface area contributed by atoms with Gasteiger partial charge in [0.25, 0.3) is 0 Å². The number of benzene rings is 1. The van der Waals surface area contributed by atoms with Crippen LogP contribution in [0.25, 0.3) is 0 Å². The number of hydrogen-bond donors (Lipinski definition) is 1. The third-order valence-corrected chi connectivity index (χ3v) is 3.10. The predicted octanol–water partition coefficient (Wildman–Crippen LogP) is 1.51. The summed E-state index contributed by atoms with van der Waals surface area (Å²) in [5.41, 5.74) is 7.11. The summed E-state index contributed by atoms with van der Waals surface area (Å²) < 4.78 is 5.22. The first-order valence-corrected chi connectivity index (χ1v) is 5.63. The van der Waals surface area contributed by atoms with E-state index in [4.69, 9.17) is 10.5 Å². The Bertz CT molecular complexity index is 363. The number of carbonyl (C=O) groups is 1. The molecular weight excluding hydrogens is 202 g/mol. The van der Waals surface area contributed by atoms with Gasteiger partial charge in [-0.15, -0.1) is 0 Å². The van der Waals surface area contributed by atoms with Gasteiger partial charge in [0.1, 0.15) is 6.10 Å². The van der Waals surface area contributed by atoms with Gasteiger partial charge in [-0.1, -0.05) is 30.3 Å². The molecule has 0 amide bonds. The van der Waals surface area contributed by atoms with Gasteiger partial charge in [-0.25, -0.2) is 0 Å². The number of ether oxygens (including phenoxy) is 1. The Labute approximate surface area is 95.6 Å². The summed E-state index contributed by atoms with van der Waals surface area (Å²) >= 11 is 0. The number of nitrogens with two attached hydrogens (primary N) is 1. The summed E-state index contributed by atoms with van der Waals surface area (Å²) in [7, 11) is 0. The Morgan fingerprint density at radius 1 is 1.44 bits per heavy atom. The van der Waals surface area contributed by atoms with Crippen LogP contribution in [-0.2, 0) is 16.0 Å². The average molecular weight is 219 g/mol. The molecule has 0 spiro atoms. The normalized spacial score (nSPS) is 28.2. The molecule has 3 atom stereocenters. The minimum atomic E-state index is -0.238. The van der Waals surface area contributed by atoms with Crippen molar-refractivity contribution in [2.24, 2.45) is 11.7 Å². The molecule has 2 N–H and O–H groups in total. The van der Waals surface area contributed by atoms with Crippen molar-refractivity contribution in [1.82, 2.24) is 0 Å². The number of rotatable bonds is 3. The smallest absolute Gasteiger partial charge is 0.302 e. The zero-order valence-electron chi connectivity index (χ0n) is 9.43. The van der Waals surface area contributed by atoms with E-state index in [1.165, 1.54) is 12.5 Å². The fraction of sp³-hybridized carbons (Fsp3) is 0.462. The first kappa shape index (κ1) is 11.1. The quantitative estimate of drug-likeness (QED) is 0.784. The van der Waals surface area contributed by atoms with Crippen molar-refractivity contribution < 1.29 is 9.53 Å². The SMILES string of the molecule is CC(=O)OC1C(N)CC1Cc1ccccc1. The van der Waals surface area contributed by atoms with Crippen LogP contribution < -0.4 is 5.73 Å². The van der Waals surface area contributed by atoms with Crippen LogP contribution in [0, 0.1) is 5.92 Å². The van der Waals surface area contributed by atoms with Crippen LogP contribution in [0.1, 0.15) is 18.9 Å². The molecule has 0 saturated heterocycles. The minimum Gasteiger partial charge on any atom is -0.461 e. The molecule has 1 fully saturated rings. The molecule has 0 aromatic heterocycles. The lowest BCUT2D eigenvalue weighted by atomic mass is 9.74. The molecule has 2 rings (SSSR count). The van der Waals surface area contributed by atoms with Crippen LogP contribution in [-0.4, -0.2) is 18.1 Å². The van der Waals surface area contributed by atoms with Crippen LogP contribution in [0.4, 0.5) is 0 Å². The average Bonchev–Trinajstić information content (AvgIpc) is 2.27. The maximum Gasteiger partial charge on any atom is 0.302 e. The molecule has 3 unspecified atom stereocenters. The molecule has 1 aromatic rings. The molecule has 1 saturated carbocycles. The van der Waals surface area contributed by atoms with E-state index in [0.717, 1.165) is 12.8 Å². The lowest BCUT2D eigenvalue weighted by Crippen LogP contribution is -2.54. The van der Waals surface area contributed by atoms with Gasteiger partial charge in [-0.3, -0.25) is 4.79 Å². The van der Waals surface area contributed by atoms with Gasteiger partial charge in [0.05, 0.1) is 0 Å². The van der Waals surface area contributed by atoms with E-state index in [1.54, 1.807) is 0 Å². The van der Waals surface area contributed by atoms with Gasteiger partial charge in [0.15, 0.2) is 0 Å². The second-order valence-electron chi connectivity index (χ2n) is 4.42. The number of esters is 1. The highest BCUT2D eigenvalue weighted by molar-refractivity contribution is 5.66. The highest BCUT2D eigenvalue weighted by atomic mass is 16.5. The van der Waals surface area contributed by atoms with E-state index in [2.05, 4.69) is 12.1 Å². The summed E-state index contributed by atoms with van der Waals surface area (Å²) in [5.74, 6) is 0.138. The topological polar surface area (TPSA) is 52.3 Å². The predicted molar refractivity (Wildman–Crippen MR) is 61.8 cm³/mol. The van der Waals surface area contributed by atoms with Gasteiger partial charge in [0.2, 0.25) is 0 Å². The largest absolute Gasteiger partial charge is 0.461 e. The molecule has 0 bridgehead atoms. The Kier molecular flexibility index (Phi) is 3.25. The monoisotopic (exact) mass is 219 g/mol. The van der Waals surface area contributed by atoms with Crippen molar-refractivity contribution in [2.75, 3.05) is 0 Å². The summed E-state index contributed by atoms with van der Waals surface area (Å²) in [6.45, 7) is 1.44. The Balaban J connectivity index is 1.93. The minimum absolute atomic E-state index is 0.0117. The van der Waals surface area contributed by atoms with Gasteiger partial charge < -0.3 is 10.5 Å². The maximum absolute atomic E-state index is 10.9. The fourth-order valence-electron chi connectivity index (χ4n) is 2.26. The van der Waals surface area contributed by atoms with Crippen LogP contribution in [0.2, 0.25) is 0 Å². The molecule has 3 nitrogen and oxygen atoms in total. The van der Waals surface area contributed by atoms with E-state index < -0.39 is 0 Å². The van der Waals surface area contributed by atoms with Crippen molar-refractivity contribution in [3.63, 3.8) is 0 Å². The Morgan fingerprint density at radius 2 is 2.12 bits per heavy atom. The molecule has 3 heteroatoms. The summed E-state index contributed by atoms with van der Waals surface area (Å²) in [4.78, 5) is 10.9. The van der Waals surface area contributed by atoms with Gasteiger partial charge in [-0.2, -0.15) is 0 Å². The number of carbonyl (C=O) groups excluding carboxylic acids is 1.